The zero-order valence-corrected chi connectivity index (χ0v) is 30.0. The van der Waals surface area contributed by atoms with Gasteiger partial charge in [0.15, 0.2) is 0 Å². The Morgan fingerprint density at radius 1 is 0.925 bits per heavy atom. The summed E-state index contributed by atoms with van der Waals surface area (Å²) < 4.78 is 8.22. The molecule has 3 aromatic heterocycles. The van der Waals surface area contributed by atoms with Gasteiger partial charge in [-0.25, -0.2) is 4.98 Å². The van der Waals surface area contributed by atoms with Crippen molar-refractivity contribution in [1.29, 1.82) is 0 Å². The predicted octanol–water partition coefficient (Wildman–Crippen LogP) is 8.99. The molecule has 0 fully saturated rings. The van der Waals surface area contributed by atoms with Gasteiger partial charge in [-0.15, -0.1) is 0 Å². The Kier molecular flexibility index (Phi) is 11.1. The standard InChI is InChI=1S/C44H43N7O2/c1-3-32(2)42(43-47-41(34-17-9-5-10-18-34)31-50(43)30-33-15-7-4-8-16-33)51(44(52)35-19-11-6-12-20-35)26-14-25-46-29-40-38-27-36(22-23-39(38)48-49-40)53-37-21-13-24-45-28-37/h3-13,15-24,27-28,31,42,46H,14,25-26,29-30H2,1-2H3,(H,48,49)/b32-3-/t42-/m1/s1. The number of imidazole rings is 1. The second kappa shape index (κ2) is 16.8. The average molecular weight is 702 g/mol. The van der Waals surface area contributed by atoms with E-state index < -0.39 is 0 Å². The van der Waals surface area contributed by atoms with Gasteiger partial charge < -0.3 is 19.5 Å². The average Bonchev–Trinajstić information content (AvgIpc) is 3.82. The first kappa shape index (κ1) is 35.1. The highest BCUT2D eigenvalue weighted by atomic mass is 16.5. The van der Waals surface area contributed by atoms with Crippen LogP contribution in [0.4, 0.5) is 0 Å². The smallest absolute Gasteiger partial charge is 0.254 e. The maximum Gasteiger partial charge on any atom is 0.254 e. The van der Waals surface area contributed by atoms with E-state index in [0.717, 1.165) is 57.0 Å². The van der Waals surface area contributed by atoms with Gasteiger partial charge in [-0.05, 0) is 80.4 Å². The summed E-state index contributed by atoms with van der Waals surface area (Å²) in [4.78, 5) is 25.9. The van der Waals surface area contributed by atoms with Gasteiger partial charge in [0.2, 0.25) is 0 Å². The van der Waals surface area contributed by atoms with E-state index in [2.05, 4.69) is 80.7 Å². The number of fused-ring (bicyclic) bond motifs is 1. The maximum absolute atomic E-state index is 14.5. The molecule has 7 rings (SSSR count). The van der Waals surface area contributed by atoms with Crippen LogP contribution < -0.4 is 10.1 Å². The number of carbonyl (C=O) groups excluding carboxylic acids is 1. The van der Waals surface area contributed by atoms with Crippen molar-refractivity contribution in [2.75, 3.05) is 13.1 Å². The van der Waals surface area contributed by atoms with Crippen molar-refractivity contribution in [3.8, 4) is 22.8 Å². The molecular formula is C44H43N7O2. The molecule has 9 heteroatoms. The van der Waals surface area contributed by atoms with E-state index in [1.165, 1.54) is 0 Å². The summed E-state index contributed by atoms with van der Waals surface area (Å²) in [6, 6.07) is 39.3. The van der Waals surface area contributed by atoms with Crippen molar-refractivity contribution in [1.82, 2.24) is 34.9 Å². The van der Waals surface area contributed by atoms with Crippen LogP contribution in [-0.4, -0.2) is 48.6 Å². The summed E-state index contributed by atoms with van der Waals surface area (Å²) in [5, 5.41) is 12.3. The third-order valence-electron chi connectivity index (χ3n) is 9.33. The highest BCUT2D eigenvalue weighted by Crippen LogP contribution is 2.33. The van der Waals surface area contributed by atoms with Crippen LogP contribution in [0.3, 0.4) is 0 Å². The zero-order valence-electron chi connectivity index (χ0n) is 30.0. The number of pyridine rings is 1. The lowest BCUT2D eigenvalue weighted by atomic mass is 10.0. The number of hydrogen-bond acceptors (Lipinski definition) is 6. The first-order chi connectivity index (χ1) is 26.1. The maximum atomic E-state index is 14.5. The third-order valence-corrected chi connectivity index (χ3v) is 9.33. The summed E-state index contributed by atoms with van der Waals surface area (Å²) >= 11 is 0. The number of nitrogens with one attached hydrogen (secondary N) is 2. The second-order valence-corrected chi connectivity index (χ2v) is 13.0. The third kappa shape index (κ3) is 8.43. The van der Waals surface area contributed by atoms with Gasteiger partial charge in [0.25, 0.3) is 5.91 Å². The van der Waals surface area contributed by atoms with E-state index in [9.17, 15) is 4.79 Å². The Bertz CT molecular complexity index is 2270. The van der Waals surface area contributed by atoms with E-state index >= 15 is 0 Å². The molecule has 0 aliphatic carbocycles. The van der Waals surface area contributed by atoms with Gasteiger partial charge >= 0.3 is 0 Å². The molecule has 0 saturated heterocycles. The van der Waals surface area contributed by atoms with Crippen LogP contribution in [-0.2, 0) is 13.1 Å². The molecule has 53 heavy (non-hydrogen) atoms. The number of ether oxygens (including phenoxy) is 1. The van der Waals surface area contributed by atoms with Crippen molar-refractivity contribution in [2.45, 2.75) is 39.4 Å². The van der Waals surface area contributed by atoms with Crippen molar-refractivity contribution < 1.29 is 9.53 Å². The molecule has 0 radical (unpaired) electrons. The first-order valence-electron chi connectivity index (χ1n) is 18.0. The van der Waals surface area contributed by atoms with E-state index in [1.54, 1.807) is 12.4 Å². The number of aromatic amines is 1. The number of carbonyl (C=O) groups is 1. The molecule has 2 N–H and O–H groups in total. The van der Waals surface area contributed by atoms with Crippen LogP contribution in [0.5, 0.6) is 11.5 Å². The Labute approximate surface area is 310 Å². The number of allylic oxidation sites excluding steroid dienone is 1. The second-order valence-electron chi connectivity index (χ2n) is 13.0. The van der Waals surface area contributed by atoms with Crippen LogP contribution in [0.1, 0.15) is 53.7 Å². The Balaban J connectivity index is 1.14. The number of aromatic nitrogens is 5. The fraction of sp³-hybridized carbons (Fsp3) is 0.182. The molecule has 0 unspecified atom stereocenters. The van der Waals surface area contributed by atoms with Crippen LogP contribution in [0.2, 0.25) is 0 Å². The summed E-state index contributed by atoms with van der Waals surface area (Å²) in [6.45, 7) is 6.53. The lowest BCUT2D eigenvalue weighted by Gasteiger charge is -2.33. The molecule has 0 aliphatic rings. The molecular weight excluding hydrogens is 659 g/mol. The van der Waals surface area contributed by atoms with E-state index in [-0.39, 0.29) is 11.9 Å². The summed E-state index contributed by atoms with van der Waals surface area (Å²) in [5.41, 5.74) is 6.60. The van der Waals surface area contributed by atoms with Gasteiger partial charge in [0.05, 0.1) is 23.1 Å². The van der Waals surface area contributed by atoms with Crippen LogP contribution >= 0.6 is 0 Å². The zero-order chi connectivity index (χ0) is 36.4. The van der Waals surface area contributed by atoms with E-state index in [4.69, 9.17) is 9.72 Å². The largest absolute Gasteiger partial charge is 0.456 e. The molecule has 0 aliphatic heterocycles. The molecule has 0 saturated carbocycles. The summed E-state index contributed by atoms with van der Waals surface area (Å²) in [7, 11) is 0. The summed E-state index contributed by atoms with van der Waals surface area (Å²) in [6.07, 6.45) is 8.33. The monoisotopic (exact) mass is 701 g/mol. The first-order valence-corrected chi connectivity index (χ1v) is 18.0. The molecule has 0 spiro atoms. The van der Waals surface area contributed by atoms with Gasteiger partial charge in [-0.3, -0.25) is 14.9 Å². The molecule has 7 aromatic rings. The van der Waals surface area contributed by atoms with Crippen LogP contribution in [0.15, 0.2) is 152 Å². The van der Waals surface area contributed by atoms with Crippen molar-refractivity contribution in [3.63, 3.8) is 0 Å². The van der Waals surface area contributed by atoms with Crippen LogP contribution in [0, 0.1) is 0 Å². The predicted molar refractivity (Wildman–Crippen MR) is 210 cm³/mol. The molecule has 1 amide bonds. The Hall–Kier alpha value is -6.32. The van der Waals surface area contributed by atoms with Crippen molar-refractivity contribution in [3.05, 3.63) is 174 Å². The molecule has 1 atom stereocenters. The fourth-order valence-electron chi connectivity index (χ4n) is 6.52. The van der Waals surface area contributed by atoms with E-state index in [1.807, 2.05) is 96.8 Å². The Morgan fingerprint density at radius 3 is 2.42 bits per heavy atom. The number of benzene rings is 4. The number of hydrogen-bond donors (Lipinski definition) is 2. The highest BCUT2D eigenvalue weighted by Gasteiger charge is 2.31. The Morgan fingerprint density at radius 2 is 1.68 bits per heavy atom. The van der Waals surface area contributed by atoms with Crippen molar-refractivity contribution in [2.24, 2.45) is 0 Å². The quantitative estimate of drug-likeness (QED) is 0.0818. The minimum atomic E-state index is -0.385. The van der Waals surface area contributed by atoms with Crippen LogP contribution in [0.25, 0.3) is 22.2 Å². The topological polar surface area (TPSA) is 101 Å². The van der Waals surface area contributed by atoms with E-state index in [0.29, 0.717) is 37.5 Å². The SMILES string of the molecule is C/C=C(/C)[C@H](c1nc(-c2ccccc2)cn1Cc1ccccc1)N(CCCNCc1[nH]nc2ccc(Oc3cccnc3)cc12)C(=O)c1ccccc1. The molecule has 9 nitrogen and oxygen atoms in total. The van der Waals surface area contributed by atoms with Gasteiger partial charge in [0, 0.05) is 48.5 Å². The lowest BCUT2D eigenvalue weighted by Crippen LogP contribution is -2.38. The number of H-pyrrole nitrogens is 1. The van der Waals surface area contributed by atoms with Crippen molar-refractivity contribution >= 4 is 16.8 Å². The van der Waals surface area contributed by atoms with Gasteiger partial charge in [-0.2, -0.15) is 5.10 Å². The normalized spacial score (nSPS) is 12.2. The number of rotatable bonds is 15. The minimum Gasteiger partial charge on any atom is -0.456 e. The molecule has 3 heterocycles. The fourth-order valence-corrected chi connectivity index (χ4v) is 6.52. The molecule has 4 aromatic carbocycles. The molecule has 0 bridgehead atoms. The number of amides is 1. The highest BCUT2D eigenvalue weighted by molar-refractivity contribution is 5.94. The minimum absolute atomic E-state index is 0.0342. The summed E-state index contributed by atoms with van der Waals surface area (Å²) in [5.74, 6) is 2.19. The lowest BCUT2D eigenvalue weighted by molar-refractivity contribution is 0.0691. The van der Waals surface area contributed by atoms with Gasteiger partial charge in [0.1, 0.15) is 23.4 Å². The number of nitrogens with zero attached hydrogens (tertiary/aromatic N) is 5. The molecule has 266 valence electrons. The van der Waals surface area contributed by atoms with Gasteiger partial charge in [-0.1, -0.05) is 84.9 Å².